The summed E-state index contributed by atoms with van der Waals surface area (Å²) >= 11 is 0. The van der Waals surface area contributed by atoms with Gasteiger partial charge in [-0.2, -0.15) is 0 Å². The summed E-state index contributed by atoms with van der Waals surface area (Å²) in [5.41, 5.74) is 0.0899. The number of hydrogen-bond donors (Lipinski definition) is 2. The van der Waals surface area contributed by atoms with E-state index >= 15 is 0 Å². The smallest absolute Gasteiger partial charge is 0.408 e. The summed E-state index contributed by atoms with van der Waals surface area (Å²) in [5, 5.41) is 5.13. The lowest BCUT2D eigenvalue weighted by atomic mass is 10.0. The Labute approximate surface area is 171 Å². The molecule has 1 aromatic rings. The van der Waals surface area contributed by atoms with Crippen LogP contribution in [0.2, 0.25) is 0 Å². The van der Waals surface area contributed by atoms with Crippen LogP contribution in [-0.4, -0.2) is 48.9 Å². The number of alkyl carbamates (subject to hydrolysis) is 1. The molecule has 1 rings (SSSR count). The Kier molecular flexibility index (Phi) is 10.1. The Balaban J connectivity index is 2.94. The van der Waals surface area contributed by atoms with E-state index < -0.39 is 42.3 Å². The molecular formula is C21H31FN2O5. The van der Waals surface area contributed by atoms with Gasteiger partial charge < -0.3 is 20.1 Å². The number of carbonyl (C=O) groups excluding carboxylic acids is 3. The van der Waals surface area contributed by atoms with Gasteiger partial charge in [-0.05, 0) is 46.1 Å². The minimum atomic E-state index is -0.989. The molecule has 29 heavy (non-hydrogen) atoms. The Hall–Kier alpha value is -2.64. The number of esters is 1. The summed E-state index contributed by atoms with van der Waals surface area (Å²) in [4.78, 5) is 37.2. The molecule has 0 bridgehead atoms. The van der Waals surface area contributed by atoms with Gasteiger partial charge in [0.15, 0.2) is 0 Å². The van der Waals surface area contributed by atoms with E-state index in [0.717, 1.165) is 5.56 Å². The van der Waals surface area contributed by atoms with Gasteiger partial charge in [0.2, 0.25) is 5.91 Å². The average Bonchev–Trinajstić information content (AvgIpc) is 2.63. The zero-order valence-electron chi connectivity index (χ0n) is 17.5. The van der Waals surface area contributed by atoms with Gasteiger partial charge in [-0.25, -0.2) is 9.59 Å². The molecule has 7 nitrogen and oxygen atoms in total. The van der Waals surface area contributed by atoms with Crippen LogP contribution in [0.4, 0.5) is 9.18 Å². The second kappa shape index (κ2) is 12.0. The molecule has 0 saturated carbocycles. The van der Waals surface area contributed by atoms with Crippen molar-refractivity contribution in [1.29, 1.82) is 0 Å². The molecule has 0 spiro atoms. The van der Waals surface area contributed by atoms with E-state index in [-0.39, 0.29) is 25.9 Å². The predicted octanol–water partition coefficient (Wildman–Crippen LogP) is 2.92. The van der Waals surface area contributed by atoms with E-state index in [0.29, 0.717) is 0 Å². The quantitative estimate of drug-likeness (QED) is 0.579. The van der Waals surface area contributed by atoms with E-state index in [4.69, 9.17) is 9.47 Å². The monoisotopic (exact) mass is 410 g/mol. The fourth-order valence-electron chi connectivity index (χ4n) is 2.55. The molecule has 2 N–H and O–H groups in total. The number of nitrogens with one attached hydrogen (secondary N) is 2. The van der Waals surface area contributed by atoms with E-state index in [1.807, 2.05) is 30.3 Å². The van der Waals surface area contributed by atoms with Gasteiger partial charge in [0.05, 0.1) is 13.3 Å². The van der Waals surface area contributed by atoms with Gasteiger partial charge in [-0.1, -0.05) is 30.3 Å². The molecule has 162 valence electrons. The third-order valence-electron chi connectivity index (χ3n) is 3.80. The molecule has 0 aliphatic rings. The van der Waals surface area contributed by atoms with Gasteiger partial charge in [0.1, 0.15) is 17.7 Å². The van der Waals surface area contributed by atoms with Crippen molar-refractivity contribution in [3.8, 4) is 0 Å². The second-order valence-electron chi connectivity index (χ2n) is 7.53. The van der Waals surface area contributed by atoms with Crippen LogP contribution in [0.1, 0.15) is 46.1 Å². The number of rotatable bonds is 10. The molecular weight excluding hydrogens is 379 g/mol. The maximum Gasteiger partial charge on any atom is 0.408 e. The molecule has 2 atom stereocenters. The number of ether oxygens (including phenoxy) is 2. The molecule has 1 aromatic carbocycles. The average molecular weight is 410 g/mol. The normalized spacial score (nSPS) is 13.1. The number of carbonyl (C=O) groups is 3. The highest BCUT2D eigenvalue weighted by Gasteiger charge is 2.29. The van der Waals surface area contributed by atoms with Crippen LogP contribution in [0, 0.1) is 0 Å². The number of halogens is 1. The maximum atomic E-state index is 12.8. The van der Waals surface area contributed by atoms with E-state index in [9.17, 15) is 18.8 Å². The first kappa shape index (κ1) is 24.4. The Morgan fingerprint density at radius 3 is 2.28 bits per heavy atom. The highest BCUT2D eigenvalue weighted by molar-refractivity contribution is 5.89. The van der Waals surface area contributed by atoms with Crippen molar-refractivity contribution in [1.82, 2.24) is 10.6 Å². The summed E-state index contributed by atoms with van der Waals surface area (Å²) in [6.45, 7) is 6.32. The molecule has 0 unspecified atom stereocenters. The largest absolute Gasteiger partial charge is 0.464 e. The standard InChI is InChI=1S/C21H31FN2O5/c1-5-28-19(26)16(12-9-13-22)23-18(25)17(14-15-10-7-6-8-11-15)24-20(27)29-21(2,3)4/h6-8,10-11,16-17H,5,9,12-14H2,1-4H3,(H,23,25)(H,24,27)/t16-,17-/m1/s1. The van der Waals surface area contributed by atoms with Crippen molar-refractivity contribution in [2.75, 3.05) is 13.3 Å². The summed E-state index contributed by atoms with van der Waals surface area (Å²) in [6.07, 6.45) is -0.340. The first-order chi connectivity index (χ1) is 13.7. The van der Waals surface area contributed by atoms with Gasteiger partial charge in [0.25, 0.3) is 0 Å². The summed E-state index contributed by atoms with van der Waals surface area (Å²) < 4.78 is 22.8. The number of hydrogen-bond acceptors (Lipinski definition) is 5. The summed E-state index contributed by atoms with van der Waals surface area (Å²) in [5.74, 6) is -1.21. The maximum absolute atomic E-state index is 12.8. The lowest BCUT2D eigenvalue weighted by molar-refractivity contribution is -0.147. The SMILES string of the molecule is CCOC(=O)[C@@H](CCCF)NC(=O)[C@@H](Cc1ccccc1)NC(=O)OC(C)(C)C. The zero-order valence-corrected chi connectivity index (χ0v) is 17.5. The van der Waals surface area contributed by atoms with Gasteiger partial charge >= 0.3 is 12.1 Å². The third kappa shape index (κ3) is 9.91. The lowest BCUT2D eigenvalue weighted by Crippen LogP contribution is -2.53. The summed E-state index contributed by atoms with van der Waals surface area (Å²) in [7, 11) is 0. The Morgan fingerprint density at radius 1 is 1.07 bits per heavy atom. The van der Waals surface area contributed by atoms with Gasteiger partial charge in [-0.3, -0.25) is 9.18 Å². The minimum absolute atomic E-state index is 0.103. The van der Waals surface area contributed by atoms with Crippen LogP contribution in [-0.2, 0) is 25.5 Å². The second-order valence-corrected chi connectivity index (χ2v) is 7.53. The molecule has 8 heteroatoms. The lowest BCUT2D eigenvalue weighted by Gasteiger charge is -2.25. The van der Waals surface area contributed by atoms with Crippen molar-refractivity contribution < 1.29 is 28.2 Å². The molecule has 0 aliphatic heterocycles. The van der Waals surface area contributed by atoms with E-state index in [2.05, 4.69) is 10.6 Å². The van der Waals surface area contributed by atoms with Crippen molar-refractivity contribution in [2.45, 2.75) is 64.6 Å². The summed E-state index contributed by atoms with van der Waals surface area (Å²) in [6, 6.07) is 7.16. The van der Waals surface area contributed by atoms with Crippen LogP contribution in [0.25, 0.3) is 0 Å². The fourth-order valence-corrected chi connectivity index (χ4v) is 2.55. The van der Waals surface area contributed by atoms with Crippen molar-refractivity contribution in [3.05, 3.63) is 35.9 Å². The molecule has 0 aromatic heterocycles. The highest BCUT2D eigenvalue weighted by Crippen LogP contribution is 2.10. The van der Waals surface area contributed by atoms with Crippen molar-refractivity contribution in [2.24, 2.45) is 0 Å². The Bertz CT molecular complexity index is 661. The van der Waals surface area contributed by atoms with Crippen molar-refractivity contribution >= 4 is 18.0 Å². The molecule has 2 amide bonds. The fraction of sp³-hybridized carbons (Fsp3) is 0.571. The van der Waals surface area contributed by atoms with Crippen molar-refractivity contribution in [3.63, 3.8) is 0 Å². The van der Waals surface area contributed by atoms with E-state index in [1.54, 1.807) is 27.7 Å². The highest BCUT2D eigenvalue weighted by atomic mass is 19.1. The molecule has 0 heterocycles. The van der Waals surface area contributed by atoms with Gasteiger partial charge in [-0.15, -0.1) is 0 Å². The first-order valence-electron chi connectivity index (χ1n) is 9.72. The molecule has 0 saturated heterocycles. The van der Waals surface area contributed by atoms with Crippen LogP contribution in [0.5, 0.6) is 0 Å². The van der Waals surface area contributed by atoms with Crippen LogP contribution in [0.3, 0.4) is 0 Å². The van der Waals surface area contributed by atoms with Crippen LogP contribution < -0.4 is 10.6 Å². The number of amides is 2. The molecule has 0 fully saturated rings. The van der Waals surface area contributed by atoms with E-state index in [1.165, 1.54) is 0 Å². The topological polar surface area (TPSA) is 93.7 Å². The molecule has 0 aliphatic carbocycles. The number of benzene rings is 1. The third-order valence-corrected chi connectivity index (χ3v) is 3.80. The van der Waals surface area contributed by atoms with Gasteiger partial charge in [0, 0.05) is 6.42 Å². The van der Waals surface area contributed by atoms with Crippen LogP contribution >= 0.6 is 0 Å². The first-order valence-corrected chi connectivity index (χ1v) is 9.72. The van der Waals surface area contributed by atoms with Crippen LogP contribution in [0.15, 0.2) is 30.3 Å². The zero-order chi connectivity index (χ0) is 21.9. The predicted molar refractivity (Wildman–Crippen MR) is 107 cm³/mol. The number of alkyl halides is 1. The molecule has 0 radical (unpaired) electrons. The minimum Gasteiger partial charge on any atom is -0.464 e. The Morgan fingerprint density at radius 2 is 1.72 bits per heavy atom.